The SMILES string of the molecule is C=CC(=O)OCCCCOc1ccc(-c2ccc(C(=O)Oc3ccc(OC(=O)c4ccc(OCCCOC(=O)C=C)cc4)cc3)cc2)cc1. The minimum atomic E-state index is -0.560. The molecule has 0 saturated carbocycles. The Morgan fingerprint density at radius 3 is 1.27 bits per heavy atom. The first-order chi connectivity index (χ1) is 23.8. The molecule has 0 fully saturated rings. The van der Waals surface area contributed by atoms with Crippen molar-refractivity contribution >= 4 is 23.9 Å². The van der Waals surface area contributed by atoms with Gasteiger partial charge in [0.2, 0.25) is 0 Å². The number of benzene rings is 4. The Bertz CT molecular complexity index is 1710. The molecule has 0 spiro atoms. The number of hydrogen-bond acceptors (Lipinski definition) is 10. The Balaban J connectivity index is 1.19. The molecule has 0 saturated heterocycles. The summed E-state index contributed by atoms with van der Waals surface area (Å²) in [5.74, 6) is -0.135. The number of ether oxygens (including phenoxy) is 6. The van der Waals surface area contributed by atoms with Gasteiger partial charge in [0.05, 0.1) is 37.6 Å². The van der Waals surface area contributed by atoms with E-state index < -0.39 is 23.9 Å². The second-order valence-corrected chi connectivity index (χ2v) is 10.4. The van der Waals surface area contributed by atoms with E-state index in [9.17, 15) is 19.2 Å². The molecule has 0 atom stereocenters. The zero-order valence-corrected chi connectivity index (χ0v) is 26.8. The lowest BCUT2D eigenvalue weighted by Crippen LogP contribution is -2.10. The van der Waals surface area contributed by atoms with Crippen molar-refractivity contribution in [1.29, 1.82) is 0 Å². The zero-order chi connectivity index (χ0) is 34.8. The Morgan fingerprint density at radius 1 is 0.449 bits per heavy atom. The van der Waals surface area contributed by atoms with Crippen molar-refractivity contribution in [3.05, 3.63) is 133 Å². The Kier molecular flexibility index (Phi) is 13.7. The van der Waals surface area contributed by atoms with Crippen LogP contribution in [0.1, 0.15) is 40.0 Å². The summed E-state index contributed by atoms with van der Waals surface area (Å²) in [6.07, 6.45) is 4.19. The van der Waals surface area contributed by atoms with Gasteiger partial charge in [0.25, 0.3) is 0 Å². The first-order valence-corrected chi connectivity index (χ1v) is 15.5. The van der Waals surface area contributed by atoms with E-state index in [1.54, 1.807) is 48.5 Å². The molecule has 0 aliphatic heterocycles. The number of unbranched alkanes of at least 4 members (excludes halogenated alkanes) is 1. The highest BCUT2D eigenvalue weighted by molar-refractivity contribution is 5.92. The molecule has 0 aromatic heterocycles. The van der Waals surface area contributed by atoms with E-state index in [4.69, 9.17) is 28.4 Å². The average Bonchev–Trinajstić information content (AvgIpc) is 3.14. The molecule has 252 valence electrons. The second-order valence-electron chi connectivity index (χ2n) is 10.4. The fourth-order valence-electron chi connectivity index (χ4n) is 4.24. The van der Waals surface area contributed by atoms with Crippen molar-refractivity contribution in [2.75, 3.05) is 26.4 Å². The monoisotopic (exact) mass is 664 g/mol. The average molecular weight is 665 g/mol. The fraction of sp³-hybridized carbons (Fsp3) is 0.179. The molecule has 10 nitrogen and oxygen atoms in total. The summed E-state index contributed by atoms with van der Waals surface area (Å²) in [6.45, 7) is 8.08. The Labute approximate surface area is 284 Å². The first kappa shape index (κ1) is 35.7. The number of carbonyl (C=O) groups is 4. The van der Waals surface area contributed by atoms with Gasteiger partial charge in [-0.25, -0.2) is 19.2 Å². The van der Waals surface area contributed by atoms with Crippen LogP contribution in [0.4, 0.5) is 0 Å². The number of rotatable bonds is 18. The number of esters is 4. The third-order valence-corrected chi connectivity index (χ3v) is 6.83. The highest BCUT2D eigenvalue weighted by atomic mass is 16.5. The standard InChI is InChI=1S/C39H36O10/c1-3-36(40)46-25-6-5-24-44-32-16-12-29(13-17-32)28-8-10-30(11-9-28)38(42)48-34-20-22-35(23-21-34)49-39(43)31-14-18-33(19-15-31)45-26-7-27-47-37(41)4-2/h3-4,8-23H,1-2,5-7,24-27H2. The van der Waals surface area contributed by atoms with Crippen molar-refractivity contribution in [1.82, 2.24) is 0 Å². The molecule has 0 aliphatic rings. The predicted molar refractivity (Wildman–Crippen MR) is 182 cm³/mol. The van der Waals surface area contributed by atoms with E-state index in [0.717, 1.165) is 35.4 Å². The van der Waals surface area contributed by atoms with Crippen molar-refractivity contribution in [2.45, 2.75) is 19.3 Å². The summed E-state index contributed by atoms with van der Waals surface area (Å²) in [6, 6.07) is 27.3. The molecule has 10 heteroatoms. The van der Waals surface area contributed by atoms with Crippen LogP contribution in [0.15, 0.2) is 122 Å². The third-order valence-electron chi connectivity index (χ3n) is 6.83. The fourth-order valence-corrected chi connectivity index (χ4v) is 4.24. The van der Waals surface area contributed by atoms with E-state index >= 15 is 0 Å². The Hall–Kier alpha value is -6.16. The molecular weight excluding hydrogens is 628 g/mol. The van der Waals surface area contributed by atoms with Crippen LogP contribution in [0.5, 0.6) is 23.0 Å². The molecule has 0 N–H and O–H groups in total. The van der Waals surface area contributed by atoms with Gasteiger partial charge in [0.1, 0.15) is 23.0 Å². The van der Waals surface area contributed by atoms with Gasteiger partial charge < -0.3 is 28.4 Å². The van der Waals surface area contributed by atoms with E-state index in [2.05, 4.69) is 13.2 Å². The van der Waals surface area contributed by atoms with Crippen LogP contribution in [0, 0.1) is 0 Å². The van der Waals surface area contributed by atoms with Crippen molar-refractivity contribution < 1.29 is 47.6 Å². The lowest BCUT2D eigenvalue weighted by Gasteiger charge is -2.09. The van der Waals surface area contributed by atoms with Crippen molar-refractivity contribution in [2.24, 2.45) is 0 Å². The van der Waals surface area contributed by atoms with Crippen LogP contribution in [-0.2, 0) is 19.1 Å². The molecule has 49 heavy (non-hydrogen) atoms. The van der Waals surface area contributed by atoms with Gasteiger partial charge in [-0.1, -0.05) is 37.4 Å². The second kappa shape index (κ2) is 18.9. The minimum Gasteiger partial charge on any atom is -0.494 e. The molecule has 4 aromatic carbocycles. The normalized spacial score (nSPS) is 10.3. The van der Waals surface area contributed by atoms with Crippen LogP contribution < -0.4 is 18.9 Å². The Morgan fingerprint density at radius 2 is 0.796 bits per heavy atom. The van der Waals surface area contributed by atoms with Crippen LogP contribution in [0.3, 0.4) is 0 Å². The lowest BCUT2D eigenvalue weighted by molar-refractivity contribution is -0.138. The predicted octanol–water partition coefficient (Wildman–Crippen LogP) is 7.18. The number of carbonyl (C=O) groups excluding carboxylic acids is 4. The van der Waals surface area contributed by atoms with Crippen molar-refractivity contribution in [3.8, 4) is 34.1 Å². The maximum atomic E-state index is 12.7. The number of hydrogen-bond donors (Lipinski definition) is 0. The third kappa shape index (κ3) is 11.9. The zero-order valence-electron chi connectivity index (χ0n) is 26.8. The van der Waals surface area contributed by atoms with Gasteiger partial charge in [-0.2, -0.15) is 0 Å². The molecule has 4 rings (SSSR count). The molecule has 0 heterocycles. The summed E-state index contributed by atoms with van der Waals surface area (Å²) in [7, 11) is 0. The topological polar surface area (TPSA) is 124 Å². The van der Waals surface area contributed by atoms with Gasteiger partial charge in [-0.05, 0) is 96.8 Å². The van der Waals surface area contributed by atoms with Gasteiger partial charge in [0, 0.05) is 18.6 Å². The first-order valence-electron chi connectivity index (χ1n) is 15.5. The summed E-state index contributed by atoms with van der Waals surface area (Å²) in [5.41, 5.74) is 2.58. The molecular formula is C39H36O10. The summed E-state index contributed by atoms with van der Waals surface area (Å²) < 4.78 is 32.1. The quantitative estimate of drug-likeness (QED) is 0.0468. The molecule has 0 amide bonds. The van der Waals surface area contributed by atoms with Crippen LogP contribution in [0.25, 0.3) is 11.1 Å². The summed E-state index contributed by atoms with van der Waals surface area (Å²) in [5, 5.41) is 0. The van der Waals surface area contributed by atoms with Gasteiger partial charge >= 0.3 is 23.9 Å². The maximum absolute atomic E-state index is 12.7. The highest BCUT2D eigenvalue weighted by Crippen LogP contribution is 2.25. The van der Waals surface area contributed by atoms with Gasteiger partial charge in [-0.3, -0.25) is 0 Å². The smallest absolute Gasteiger partial charge is 0.343 e. The van der Waals surface area contributed by atoms with Crippen LogP contribution >= 0.6 is 0 Å². The maximum Gasteiger partial charge on any atom is 0.343 e. The molecule has 0 unspecified atom stereocenters. The minimum absolute atomic E-state index is 0.219. The van der Waals surface area contributed by atoms with E-state index in [0.29, 0.717) is 55.3 Å². The lowest BCUT2D eigenvalue weighted by atomic mass is 10.0. The highest BCUT2D eigenvalue weighted by Gasteiger charge is 2.12. The largest absolute Gasteiger partial charge is 0.494 e. The molecule has 0 radical (unpaired) electrons. The van der Waals surface area contributed by atoms with Crippen LogP contribution in [-0.4, -0.2) is 50.3 Å². The molecule has 0 bridgehead atoms. The van der Waals surface area contributed by atoms with Crippen molar-refractivity contribution in [3.63, 3.8) is 0 Å². The molecule has 0 aliphatic carbocycles. The molecule has 4 aromatic rings. The summed E-state index contributed by atoms with van der Waals surface area (Å²) in [4.78, 5) is 47.4. The van der Waals surface area contributed by atoms with Crippen LogP contribution in [0.2, 0.25) is 0 Å². The summed E-state index contributed by atoms with van der Waals surface area (Å²) >= 11 is 0. The van der Waals surface area contributed by atoms with Gasteiger partial charge in [-0.15, -0.1) is 0 Å². The van der Waals surface area contributed by atoms with Gasteiger partial charge in [0.15, 0.2) is 0 Å². The van der Waals surface area contributed by atoms with E-state index in [-0.39, 0.29) is 12.4 Å². The van der Waals surface area contributed by atoms with E-state index in [1.165, 1.54) is 12.1 Å². The van der Waals surface area contributed by atoms with E-state index in [1.807, 2.05) is 36.4 Å².